The minimum absolute atomic E-state index is 0.312. The van der Waals surface area contributed by atoms with Crippen LogP contribution in [0.25, 0.3) is 0 Å². The normalized spacial score (nSPS) is 35.0. The molecule has 0 fully saturated rings. The van der Waals surface area contributed by atoms with Gasteiger partial charge in [0.1, 0.15) is 0 Å². The van der Waals surface area contributed by atoms with Crippen molar-refractivity contribution in [2.75, 3.05) is 13.6 Å². The average Bonchev–Trinajstić information content (AvgIpc) is 1.94. The Balaban J connectivity index is 2.74. The Morgan fingerprint density at radius 3 is 2.83 bits per heavy atom. The van der Waals surface area contributed by atoms with E-state index in [9.17, 15) is 0 Å². The Kier molecular flexibility index (Phi) is 3.22. The molecule has 68 valence electrons. The summed E-state index contributed by atoms with van der Waals surface area (Å²) in [4.78, 5) is -0.352. The highest BCUT2D eigenvalue weighted by molar-refractivity contribution is 6.33. The topological polar surface area (TPSA) is 12.0 Å². The second-order valence-electron chi connectivity index (χ2n) is 3.20. The fraction of sp³-hybridized carbons (Fsp3) is 0.556. The summed E-state index contributed by atoms with van der Waals surface area (Å²) in [6, 6.07) is 0. The molecule has 0 aliphatic heterocycles. The third-order valence-corrected chi connectivity index (χ3v) is 2.68. The van der Waals surface area contributed by atoms with Crippen LogP contribution in [0, 0.1) is 5.92 Å². The van der Waals surface area contributed by atoms with E-state index >= 15 is 0 Å². The SMILES string of the molecule is CNCC1C=CC(Cl)=CC1(C)Cl. The van der Waals surface area contributed by atoms with Gasteiger partial charge in [-0.05, 0) is 26.1 Å². The summed E-state index contributed by atoms with van der Waals surface area (Å²) < 4.78 is 0. The van der Waals surface area contributed by atoms with Gasteiger partial charge >= 0.3 is 0 Å². The summed E-state index contributed by atoms with van der Waals surface area (Å²) in [5, 5.41) is 3.82. The third kappa shape index (κ3) is 2.25. The standard InChI is InChI=1S/C9H13Cl2N/c1-9(11)5-8(10)4-3-7(9)6-12-2/h3-5,7,12H,6H2,1-2H3. The van der Waals surface area contributed by atoms with E-state index in [0.717, 1.165) is 11.6 Å². The molecule has 0 aromatic rings. The van der Waals surface area contributed by atoms with E-state index in [4.69, 9.17) is 23.2 Å². The van der Waals surface area contributed by atoms with Crippen molar-refractivity contribution in [2.24, 2.45) is 5.92 Å². The van der Waals surface area contributed by atoms with Crippen LogP contribution in [0.15, 0.2) is 23.3 Å². The van der Waals surface area contributed by atoms with E-state index in [0.29, 0.717) is 5.92 Å². The molecule has 1 aliphatic rings. The van der Waals surface area contributed by atoms with Gasteiger partial charge in [0.25, 0.3) is 0 Å². The Hall–Kier alpha value is 0.0200. The lowest BCUT2D eigenvalue weighted by atomic mass is 9.89. The van der Waals surface area contributed by atoms with Gasteiger partial charge in [-0.3, -0.25) is 0 Å². The van der Waals surface area contributed by atoms with Gasteiger partial charge in [-0.15, -0.1) is 11.6 Å². The zero-order valence-electron chi connectivity index (χ0n) is 7.27. The number of hydrogen-bond donors (Lipinski definition) is 1. The minimum atomic E-state index is -0.352. The molecule has 1 rings (SSSR count). The predicted molar refractivity (Wildman–Crippen MR) is 54.8 cm³/mol. The Bertz CT molecular complexity index is 219. The number of alkyl halides is 1. The molecular formula is C9H13Cl2N. The number of nitrogens with one attached hydrogen (secondary N) is 1. The fourth-order valence-corrected chi connectivity index (χ4v) is 1.93. The maximum Gasteiger partial charge on any atom is 0.0689 e. The van der Waals surface area contributed by atoms with Gasteiger partial charge in [-0.1, -0.05) is 17.7 Å². The van der Waals surface area contributed by atoms with Crippen molar-refractivity contribution in [3.63, 3.8) is 0 Å². The Morgan fingerprint density at radius 1 is 1.67 bits per heavy atom. The summed E-state index contributed by atoms with van der Waals surface area (Å²) in [6.07, 6.45) is 5.83. The van der Waals surface area contributed by atoms with Crippen molar-refractivity contribution in [3.8, 4) is 0 Å². The summed E-state index contributed by atoms with van der Waals surface area (Å²) in [7, 11) is 1.92. The summed E-state index contributed by atoms with van der Waals surface area (Å²) in [6.45, 7) is 2.85. The Labute approximate surface area is 83.4 Å². The van der Waals surface area contributed by atoms with Gasteiger partial charge in [0.2, 0.25) is 0 Å². The van der Waals surface area contributed by atoms with Crippen LogP contribution in [0.5, 0.6) is 0 Å². The van der Waals surface area contributed by atoms with E-state index in [2.05, 4.69) is 5.32 Å². The van der Waals surface area contributed by atoms with Gasteiger partial charge < -0.3 is 5.32 Å². The molecule has 1 aliphatic carbocycles. The molecule has 0 bridgehead atoms. The van der Waals surface area contributed by atoms with Crippen molar-refractivity contribution in [2.45, 2.75) is 11.8 Å². The molecule has 0 saturated heterocycles. The molecule has 2 unspecified atom stereocenters. The summed E-state index contributed by atoms with van der Waals surface area (Å²) >= 11 is 12.1. The van der Waals surface area contributed by atoms with Crippen LogP contribution in [-0.4, -0.2) is 18.5 Å². The lowest BCUT2D eigenvalue weighted by Gasteiger charge is -2.29. The largest absolute Gasteiger partial charge is 0.319 e. The first-order valence-electron chi connectivity index (χ1n) is 3.96. The van der Waals surface area contributed by atoms with Gasteiger partial charge in [0, 0.05) is 17.5 Å². The molecule has 0 heterocycles. The number of allylic oxidation sites excluding steroid dienone is 3. The van der Waals surface area contributed by atoms with Crippen LogP contribution < -0.4 is 5.32 Å². The number of rotatable bonds is 2. The second-order valence-corrected chi connectivity index (χ2v) is 4.45. The molecule has 2 atom stereocenters. The van der Waals surface area contributed by atoms with Crippen molar-refractivity contribution < 1.29 is 0 Å². The van der Waals surface area contributed by atoms with Crippen molar-refractivity contribution in [1.29, 1.82) is 0 Å². The molecule has 0 radical (unpaired) electrons. The van der Waals surface area contributed by atoms with Crippen molar-refractivity contribution >= 4 is 23.2 Å². The molecule has 12 heavy (non-hydrogen) atoms. The van der Waals surface area contributed by atoms with E-state index in [1.54, 1.807) is 0 Å². The quantitative estimate of drug-likeness (QED) is 0.684. The molecule has 0 saturated carbocycles. The van der Waals surface area contributed by atoms with Gasteiger partial charge in [0.15, 0.2) is 0 Å². The van der Waals surface area contributed by atoms with Crippen LogP contribution in [0.4, 0.5) is 0 Å². The molecule has 3 heteroatoms. The predicted octanol–water partition coefficient (Wildman–Crippen LogP) is 2.51. The first kappa shape index (κ1) is 10.1. The van der Waals surface area contributed by atoms with Crippen LogP contribution in [-0.2, 0) is 0 Å². The second kappa shape index (κ2) is 3.82. The maximum absolute atomic E-state index is 6.26. The van der Waals surface area contributed by atoms with E-state index < -0.39 is 0 Å². The number of hydrogen-bond acceptors (Lipinski definition) is 1. The van der Waals surface area contributed by atoms with E-state index in [1.165, 1.54) is 0 Å². The summed E-state index contributed by atoms with van der Waals surface area (Å²) in [5.41, 5.74) is 0. The lowest BCUT2D eigenvalue weighted by Crippen LogP contribution is -2.34. The smallest absolute Gasteiger partial charge is 0.0689 e. The van der Waals surface area contributed by atoms with Crippen LogP contribution in [0.2, 0.25) is 0 Å². The molecule has 1 N–H and O–H groups in total. The average molecular weight is 206 g/mol. The van der Waals surface area contributed by atoms with Crippen molar-refractivity contribution in [1.82, 2.24) is 5.32 Å². The molecule has 0 aromatic heterocycles. The Morgan fingerprint density at radius 2 is 2.33 bits per heavy atom. The van der Waals surface area contributed by atoms with Crippen LogP contribution in [0.1, 0.15) is 6.92 Å². The molecule has 0 amide bonds. The highest BCUT2D eigenvalue weighted by atomic mass is 35.5. The van der Waals surface area contributed by atoms with Crippen LogP contribution in [0.3, 0.4) is 0 Å². The van der Waals surface area contributed by atoms with E-state index in [1.807, 2.05) is 32.2 Å². The fourth-order valence-electron chi connectivity index (χ4n) is 1.31. The number of halogens is 2. The first-order valence-corrected chi connectivity index (χ1v) is 4.72. The molecule has 0 aromatic carbocycles. The summed E-state index contributed by atoms with van der Waals surface area (Å²) in [5.74, 6) is 0.312. The zero-order valence-corrected chi connectivity index (χ0v) is 8.78. The monoisotopic (exact) mass is 205 g/mol. The van der Waals surface area contributed by atoms with Crippen molar-refractivity contribution in [3.05, 3.63) is 23.3 Å². The highest BCUT2D eigenvalue weighted by Gasteiger charge is 2.29. The first-order chi connectivity index (χ1) is 5.56. The minimum Gasteiger partial charge on any atom is -0.319 e. The maximum atomic E-state index is 6.26. The zero-order chi connectivity index (χ0) is 9.19. The highest BCUT2D eigenvalue weighted by Crippen LogP contribution is 2.33. The van der Waals surface area contributed by atoms with E-state index in [-0.39, 0.29) is 4.87 Å². The lowest BCUT2D eigenvalue weighted by molar-refractivity contribution is 0.511. The molecule has 0 spiro atoms. The third-order valence-electron chi connectivity index (χ3n) is 2.06. The van der Waals surface area contributed by atoms with Gasteiger partial charge in [-0.2, -0.15) is 0 Å². The van der Waals surface area contributed by atoms with Gasteiger partial charge in [0.05, 0.1) is 4.87 Å². The molecular weight excluding hydrogens is 193 g/mol. The van der Waals surface area contributed by atoms with Gasteiger partial charge in [-0.25, -0.2) is 0 Å². The molecule has 1 nitrogen and oxygen atoms in total. The van der Waals surface area contributed by atoms with Crippen LogP contribution >= 0.6 is 23.2 Å².